The summed E-state index contributed by atoms with van der Waals surface area (Å²) in [5.41, 5.74) is 0.779. The number of nitrogens with zero attached hydrogens (tertiary/aromatic N) is 1. The van der Waals surface area contributed by atoms with Crippen molar-refractivity contribution in [1.29, 1.82) is 0 Å². The summed E-state index contributed by atoms with van der Waals surface area (Å²) in [6.45, 7) is 0.625. The van der Waals surface area contributed by atoms with E-state index >= 15 is 0 Å². The minimum Gasteiger partial charge on any atom is -0.508 e. The van der Waals surface area contributed by atoms with Gasteiger partial charge < -0.3 is 10.2 Å². The van der Waals surface area contributed by atoms with Crippen LogP contribution in [0, 0.1) is 11.7 Å². The molecule has 2 bridgehead atoms. The molecule has 0 saturated carbocycles. The maximum atomic E-state index is 13.4. The first-order chi connectivity index (χ1) is 10.0. The van der Waals surface area contributed by atoms with Gasteiger partial charge in [-0.25, -0.2) is 4.39 Å². The van der Waals surface area contributed by atoms with E-state index in [1.807, 2.05) is 0 Å². The van der Waals surface area contributed by atoms with Gasteiger partial charge in [0.05, 0.1) is 0 Å². The van der Waals surface area contributed by atoms with Crippen molar-refractivity contribution in [3.8, 4) is 5.75 Å². The lowest BCUT2D eigenvalue weighted by atomic mass is 9.88. The van der Waals surface area contributed by atoms with Crippen LogP contribution in [0.15, 0.2) is 18.2 Å². The van der Waals surface area contributed by atoms with Gasteiger partial charge in [-0.3, -0.25) is 9.69 Å². The van der Waals surface area contributed by atoms with Crippen LogP contribution in [0.2, 0.25) is 0 Å². The molecule has 2 aliphatic rings. The predicted molar refractivity (Wildman–Crippen MR) is 75.4 cm³/mol. The number of aromatic hydroxyl groups is 1. The van der Waals surface area contributed by atoms with Crippen LogP contribution in [0.25, 0.3) is 0 Å². The van der Waals surface area contributed by atoms with Gasteiger partial charge in [0.25, 0.3) is 0 Å². The summed E-state index contributed by atoms with van der Waals surface area (Å²) in [6.07, 6.45) is 4.24. The number of piperidine rings is 1. The van der Waals surface area contributed by atoms with Crippen LogP contribution < -0.4 is 0 Å². The molecule has 4 nitrogen and oxygen atoms in total. The minimum absolute atomic E-state index is 0.0434. The molecule has 2 saturated heterocycles. The highest BCUT2D eigenvalue weighted by Gasteiger charge is 2.40. The maximum Gasteiger partial charge on any atom is 0.303 e. The van der Waals surface area contributed by atoms with E-state index in [1.165, 1.54) is 6.07 Å². The Morgan fingerprint density at radius 3 is 2.48 bits per heavy atom. The molecule has 2 unspecified atom stereocenters. The predicted octanol–water partition coefficient (Wildman–Crippen LogP) is 2.75. The second-order valence-electron chi connectivity index (χ2n) is 6.31. The van der Waals surface area contributed by atoms with E-state index in [1.54, 1.807) is 6.07 Å². The quantitative estimate of drug-likeness (QED) is 0.896. The summed E-state index contributed by atoms with van der Waals surface area (Å²) in [5.74, 6) is -0.920. The molecule has 114 valence electrons. The summed E-state index contributed by atoms with van der Waals surface area (Å²) in [4.78, 5) is 13.2. The van der Waals surface area contributed by atoms with Crippen molar-refractivity contribution in [2.24, 2.45) is 5.92 Å². The van der Waals surface area contributed by atoms with E-state index < -0.39 is 11.8 Å². The van der Waals surface area contributed by atoms with Gasteiger partial charge in [-0.2, -0.15) is 0 Å². The minimum atomic E-state index is -0.720. The van der Waals surface area contributed by atoms with Crippen molar-refractivity contribution in [3.05, 3.63) is 29.6 Å². The lowest BCUT2D eigenvalue weighted by Gasteiger charge is -2.38. The van der Waals surface area contributed by atoms with Gasteiger partial charge in [0, 0.05) is 31.1 Å². The van der Waals surface area contributed by atoms with E-state index in [-0.39, 0.29) is 18.1 Å². The topological polar surface area (TPSA) is 60.8 Å². The van der Waals surface area contributed by atoms with E-state index in [4.69, 9.17) is 5.11 Å². The Kier molecular flexibility index (Phi) is 3.85. The van der Waals surface area contributed by atoms with Crippen LogP contribution in [-0.2, 0) is 11.3 Å². The van der Waals surface area contributed by atoms with E-state index in [0.29, 0.717) is 18.6 Å². The zero-order valence-corrected chi connectivity index (χ0v) is 11.8. The van der Waals surface area contributed by atoms with E-state index in [0.717, 1.165) is 37.3 Å². The van der Waals surface area contributed by atoms with Crippen LogP contribution in [0.5, 0.6) is 5.75 Å². The Balaban J connectivity index is 1.69. The monoisotopic (exact) mass is 293 g/mol. The van der Waals surface area contributed by atoms with Crippen molar-refractivity contribution in [2.45, 2.75) is 50.7 Å². The highest BCUT2D eigenvalue weighted by atomic mass is 19.1. The SMILES string of the molecule is O=C(O)CC1CC2CCC(C1)N2Cc1cc(O)cc(F)c1. The van der Waals surface area contributed by atoms with Crippen LogP contribution in [-0.4, -0.2) is 33.2 Å². The van der Waals surface area contributed by atoms with Crippen molar-refractivity contribution in [3.63, 3.8) is 0 Å². The highest BCUT2D eigenvalue weighted by molar-refractivity contribution is 5.67. The molecule has 21 heavy (non-hydrogen) atoms. The number of hydrogen-bond acceptors (Lipinski definition) is 3. The number of halogens is 1. The smallest absolute Gasteiger partial charge is 0.303 e. The fourth-order valence-electron chi connectivity index (χ4n) is 3.99. The van der Waals surface area contributed by atoms with Gasteiger partial charge in [-0.05, 0) is 49.3 Å². The summed E-state index contributed by atoms with van der Waals surface area (Å²) >= 11 is 0. The Morgan fingerprint density at radius 1 is 1.24 bits per heavy atom. The fraction of sp³-hybridized carbons (Fsp3) is 0.562. The third-order valence-electron chi connectivity index (χ3n) is 4.75. The lowest BCUT2D eigenvalue weighted by molar-refractivity contribution is -0.138. The number of fused-ring (bicyclic) bond motifs is 2. The van der Waals surface area contributed by atoms with Crippen LogP contribution in [0.1, 0.15) is 37.7 Å². The van der Waals surface area contributed by atoms with Gasteiger partial charge in [-0.1, -0.05) is 0 Å². The molecule has 0 amide bonds. The third kappa shape index (κ3) is 3.18. The molecule has 2 fully saturated rings. The molecule has 0 aliphatic carbocycles. The van der Waals surface area contributed by atoms with Gasteiger partial charge in [0.15, 0.2) is 0 Å². The molecule has 3 rings (SSSR count). The molecule has 5 heteroatoms. The van der Waals surface area contributed by atoms with Crippen LogP contribution >= 0.6 is 0 Å². The second-order valence-corrected chi connectivity index (χ2v) is 6.31. The van der Waals surface area contributed by atoms with Crippen molar-refractivity contribution >= 4 is 5.97 Å². The number of aliphatic carboxylic acids is 1. The van der Waals surface area contributed by atoms with E-state index in [9.17, 15) is 14.3 Å². The van der Waals surface area contributed by atoms with Gasteiger partial charge in [0.2, 0.25) is 0 Å². The second kappa shape index (κ2) is 5.64. The molecule has 2 atom stereocenters. The normalized spacial score (nSPS) is 28.7. The Bertz CT molecular complexity index is 514. The first kappa shape index (κ1) is 14.3. The van der Waals surface area contributed by atoms with Gasteiger partial charge >= 0.3 is 5.97 Å². The molecule has 0 radical (unpaired) electrons. The largest absolute Gasteiger partial charge is 0.508 e. The zero-order chi connectivity index (χ0) is 15.0. The van der Waals surface area contributed by atoms with E-state index in [2.05, 4.69) is 4.90 Å². The first-order valence-electron chi connectivity index (χ1n) is 7.47. The fourth-order valence-corrected chi connectivity index (χ4v) is 3.99. The summed E-state index contributed by atoms with van der Waals surface area (Å²) in [7, 11) is 0. The van der Waals surface area contributed by atoms with Crippen molar-refractivity contribution in [2.75, 3.05) is 0 Å². The first-order valence-corrected chi connectivity index (χ1v) is 7.47. The summed E-state index contributed by atoms with van der Waals surface area (Å²) in [6, 6.07) is 4.95. The van der Waals surface area contributed by atoms with Crippen LogP contribution in [0.4, 0.5) is 4.39 Å². The number of carbonyl (C=O) groups is 1. The van der Waals surface area contributed by atoms with Gasteiger partial charge in [0.1, 0.15) is 11.6 Å². The summed E-state index contributed by atoms with van der Waals surface area (Å²) < 4.78 is 13.4. The number of phenols is 1. The molecular formula is C16H20FNO3. The Hall–Kier alpha value is -1.62. The average Bonchev–Trinajstić information content (AvgIpc) is 2.61. The highest BCUT2D eigenvalue weighted by Crippen LogP contribution is 2.40. The molecule has 1 aromatic rings. The summed E-state index contributed by atoms with van der Waals surface area (Å²) in [5, 5.41) is 18.4. The standard InChI is InChI=1S/C16H20FNO3/c17-12-3-11(6-15(19)8-12)9-18-13-1-2-14(18)5-10(4-13)7-16(20)21/h3,6,8,10,13-14,19H,1-2,4-5,7,9H2,(H,20,21). The third-order valence-corrected chi connectivity index (χ3v) is 4.75. The molecule has 1 aromatic carbocycles. The van der Waals surface area contributed by atoms with Gasteiger partial charge in [-0.15, -0.1) is 0 Å². The molecule has 2 N–H and O–H groups in total. The number of phenolic OH excluding ortho intramolecular Hbond substituents is 1. The maximum absolute atomic E-state index is 13.4. The number of carboxylic acids is 1. The molecular weight excluding hydrogens is 273 g/mol. The van der Waals surface area contributed by atoms with Crippen molar-refractivity contribution < 1.29 is 19.4 Å². The van der Waals surface area contributed by atoms with Crippen molar-refractivity contribution in [1.82, 2.24) is 4.90 Å². The van der Waals surface area contributed by atoms with Crippen LogP contribution in [0.3, 0.4) is 0 Å². The molecule has 0 spiro atoms. The number of benzene rings is 1. The Labute approximate surface area is 123 Å². The average molecular weight is 293 g/mol. The molecule has 2 aliphatic heterocycles. The molecule has 0 aromatic heterocycles. The number of carboxylic acid groups (broad SMARTS) is 1. The number of rotatable bonds is 4. The Morgan fingerprint density at radius 2 is 1.90 bits per heavy atom. The lowest BCUT2D eigenvalue weighted by Crippen LogP contribution is -2.42. The number of hydrogen-bond donors (Lipinski definition) is 2. The molecule has 2 heterocycles. The zero-order valence-electron chi connectivity index (χ0n) is 11.8.